The van der Waals surface area contributed by atoms with Crippen LogP contribution in [-0.2, 0) is 4.74 Å². The van der Waals surface area contributed by atoms with Gasteiger partial charge in [0.05, 0.1) is 24.3 Å². The molecule has 0 aliphatic rings. The number of esters is 1. The monoisotopic (exact) mass is 505 g/mol. The van der Waals surface area contributed by atoms with Crippen molar-refractivity contribution in [3.8, 4) is 11.4 Å². The topological polar surface area (TPSA) is 99.5 Å². The summed E-state index contributed by atoms with van der Waals surface area (Å²) in [6.45, 7) is 6.47. The number of aryl methyl sites for hydroxylation is 1. The lowest BCUT2D eigenvalue weighted by Crippen LogP contribution is -2.25. The van der Waals surface area contributed by atoms with Crippen LogP contribution in [0.15, 0.2) is 58.7 Å². The molecule has 0 unspecified atom stereocenters. The van der Waals surface area contributed by atoms with Gasteiger partial charge in [-0.05, 0) is 62.2 Å². The van der Waals surface area contributed by atoms with Crippen molar-refractivity contribution in [3.05, 3.63) is 81.1 Å². The highest BCUT2D eigenvalue weighted by atomic mass is 32.1. The Hall–Kier alpha value is -3.98. The van der Waals surface area contributed by atoms with Gasteiger partial charge in [-0.1, -0.05) is 25.5 Å². The molecule has 1 N–H and O–H groups in total. The van der Waals surface area contributed by atoms with Gasteiger partial charge in [-0.2, -0.15) is 9.78 Å². The van der Waals surface area contributed by atoms with E-state index in [0.717, 1.165) is 29.7 Å². The average Bonchev–Trinajstić information content (AvgIpc) is 3.29. The zero-order valence-electron chi connectivity index (χ0n) is 20.4. The second-order valence-electron chi connectivity index (χ2n) is 8.16. The van der Waals surface area contributed by atoms with Gasteiger partial charge in [-0.15, -0.1) is 11.3 Å². The maximum absolute atomic E-state index is 13.5. The van der Waals surface area contributed by atoms with Gasteiger partial charge in [0.15, 0.2) is 5.69 Å². The van der Waals surface area contributed by atoms with Crippen LogP contribution in [0.25, 0.3) is 16.5 Å². The molecule has 0 spiro atoms. The number of rotatable bonds is 9. The summed E-state index contributed by atoms with van der Waals surface area (Å²) in [6.07, 6.45) is 1.99. The highest BCUT2D eigenvalue weighted by Gasteiger charge is 2.23. The number of ether oxygens (including phenoxy) is 2. The third kappa shape index (κ3) is 5.31. The highest BCUT2D eigenvalue weighted by Crippen LogP contribution is 2.31. The van der Waals surface area contributed by atoms with Crippen molar-refractivity contribution in [1.82, 2.24) is 9.78 Å². The summed E-state index contributed by atoms with van der Waals surface area (Å²) in [6, 6.07) is 14.1. The molecule has 0 aliphatic carbocycles. The average molecular weight is 506 g/mol. The summed E-state index contributed by atoms with van der Waals surface area (Å²) in [7, 11) is 0. The molecule has 0 bridgehead atoms. The third-order valence-electron chi connectivity index (χ3n) is 5.48. The Bertz CT molecular complexity index is 1460. The molecule has 4 rings (SSSR count). The Morgan fingerprint density at radius 1 is 1.11 bits per heavy atom. The van der Waals surface area contributed by atoms with E-state index in [4.69, 9.17) is 9.47 Å². The minimum Gasteiger partial charge on any atom is -0.494 e. The molecule has 0 atom stereocenters. The molecule has 0 saturated carbocycles. The quantitative estimate of drug-likeness (QED) is 0.243. The number of unbranched alkanes of at least 4 members (excludes halogenated alkanes) is 1. The first-order valence-electron chi connectivity index (χ1n) is 11.8. The predicted molar refractivity (Wildman–Crippen MR) is 141 cm³/mol. The highest BCUT2D eigenvalue weighted by molar-refractivity contribution is 7.16. The van der Waals surface area contributed by atoms with E-state index in [1.165, 1.54) is 4.68 Å². The summed E-state index contributed by atoms with van der Waals surface area (Å²) in [5.41, 5.74) is 1.42. The maximum Gasteiger partial charge on any atom is 0.359 e. The summed E-state index contributed by atoms with van der Waals surface area (Å²) >= 11 is 1.16. The van der Waals surface area contributed by atoms with Crippen LogP contribution in [0.1, 0.15) is 53.1 Å². The molecule has 0 saturated heterocycles. The van der Waals surface area contributed by atoms with Crippen molar-refractivity contribution in [2.45, 2.75) is 33.6 Å². The van der Waals surface area contributed by atoms with Crippen LogP contribution in [0.3, 0.4) is 0 Å². The lowest BCUT2D eigenvalue weighted by molar-refractivity contribution is 0.0520. The van der Waals surface area contributed by atoms with Crippen molar-refractivity contribution in [2.75, 3.05) is 18.5 Å². The van der Waals surface area contributed by atoms with Crippen LogP contribution in [0.5, 0.6) is 5.75 Å². The second-order valence-corrected chi connectivity index (χ2v) is 9.04. The van der Waals surface area contributed by atoms with Gasteiger partial charge >= 0.3 is 5.97 Å². The van der Waals surface area contributed by atoms with Crippen molar-refractivity contribution >= 4 is 39.0 Å². The molecule has 1 amide bonds. The first-order valence-corrected chi connectivity index (χ1v) is 12.6. The lowest BCUT2D eigenvalue weighted by atomic mass is 10.2. The number of anilines is 1. The van der Waals surface area contributed by atoms with Gasteiger partial charge in [-0.3, -0.25) is 9.59 Å². The number of hydrogen-bond acceptors (Lipinski definition) is 7. The zero-order valence-corrected chi connectivity index (χ0v) is 21.2. The van der Waals surface area contributed by atoms with Crippen LogP contribution >= 0.6 is 11.3 Å². The van der Waals surface area contributed by atoms with E-state index in [1.807, 2.05) is 13.0 Å². The molecule has 8 nitrogen and oxygen atoms in total. The van der Waals surface area contributed by atoms with E-state index in [9.17, 15) is 14.4 Å². The number of thiophene rings is 1. The van der Waals surface area contributed by atoms with E-state index in [1.54, 1.807) is 54.8 Å². The van der Waals surface area contributed by atoms with Crippen molar-refractivity contribution in [3.63, 3.8) is 0 Å². The molecular weight excluding hydrogens is 478 g/mol. The molecule has 0 aliphatic heterocycles. The Morgan fingerprint density at radius 3 is 2.58 bits per heavy atom. The molecule has 2 aromatic heterocycles. The first-order chi connectivity index (χ1) is 17.4. The summed E-state index contributed by atoms with van der Waals surface area (Å²) in [4.78, 5) is 39.2. The van der Waals surface area contributed by atoms with Gasteiger partial charge in [0, 0.05) is 16.3 Å². The van der Waals surface area contributed by atoms with Crippen LogP contribution in [0.4, 0.5) is 5.00 Å². The molecule has 186 valence electrons. The standard InChI is InChI=1S/C27H27N3O5S/c1-4-6-14-35-20-12-10-18(11-13-20)24(31)28-25-22-21(16-36-25)23(27(33)34-5-2)29-30(26(22)32)19-9-7-8-17(3)15-19/h7-13,15-16H,4-6,14H2,1-3H3,(H,28,31). The number of nitrogens with zero attached hydrogens (tertiary/aromatic N) is 2. The summed E-state index contributed by atoms with van der Waals surface area (Å²) < 4.78 is 12.0. The van der Waals surface area contributed by atoms with E-state index < -0.39 is 11.5 Å². The second kappa shape index (κ2) is 11.2. The number of benzene rings is 2. The minimum atomic E-state index is -0.641. The number of nitrogens with one attached hydrogen (secondary N) is 1. The molecule has 36 heavy (non-hydrogen) atoms. The van der Waals surface area contributed by atoms with Gasteiger partial charge in [0.25, 0.3) is 11.5 Å². The van der Waals surface area contributed by atoms with Gasteiger partial charge < -0.3 is 14.8 Å². The lowest BCUT2D eigenvalue weighted by Gasteiger charge is -2.10. The number of aromatic nitrogens is 2. The number of fused-ring (bicyclic) bond motifs is 1. The normalized spacial score (nSPS) is 10.9. The van der Waals surface area contributed by atoms with Crippen LogP contribution in [0, 0.1) is 6.92 Å². The zero-order chi connectivity index (χ0) is 25.7. The summed E-state index contributed by atoms with van der Waals surface area (Å²) in [5, 5.41) is 9.66. The van der Waals surface area contributed by atoms with E-state index in [2.05, 4.69) is 17.3 Å². The maximum atomic E-state index is 13.5. The number of amides is 1. The Morgan fingerprint density at radius 2 is 1.89 bits per heavy atom. The molecule has 4 aromatic rings. The number of carbonyl (C=O) groups is 2. The molecule has 2 heterocycles. The van der Waals surface area contributed by atoms with Crippen LogP contribution in [-0.4, -0.2) is 34.9 Å². The third-order valence-corrected chi connectivity index (χ3v) is 6.37. The van der Waals surface area contributed by atoms with Crippen LogP contribution < -0.4 is 15.6 Å². The number of hydrogen-bond donors (Lipinski definition) is 1. The van der Waals surface area contributed by atoms with Crippen molar-refractivity contribution in [2.24, 2.45) is 0 Å². The molecule has 2 aromatic carbocycles. The Kier molecular flexibility index (Phi) is 7.80. The minimum absolute atomic E-state index is 0.0123. The largest absolute Gasteiger partial charge is 0.494 e. The smallest absolute Gasteiger partial charge is 0.359 e. The fraction of sp³-hybridized carbons (Fsp3) is 0.259. The SMILES string of the molecule is CCCCOc1ccc(C(=O)Nc2scc3c(C(=O)OCC)nn(-c4cccc(C)c4)c(=O)c23)cc1. The molecule has 9 heteroatoms. The van der Waals surface area contributed by atoms with Crippen LogP contribution in [0.2, 0.25) is 0 Å². The molecule has 0 radical (unpaired) electrons. The van der Waals surface area contributed by atoms with E-state index >= 15 is 0 Å². The van der Waals surface area contributed by atoms with E-state index in [0.29, 0.717) is 34.0 Å². The Balaban J connectivity index is 1.72. The summed E-state index contributed by atoms with van der Waals surface area (Å²) in [5.74, 6) is -0.333. The van der Waals surface area contributed by atoms with Gasteiger partial charge in [0.2, 0.25) is 0 Å². The molecule has 0 fully saturated rings. The Labute approximate surface area is 212 Å². The fourth-order valence-corrected chi connectivity index (χ4v) is 4.57. The fourth-order valence-electron chi connectivity index (χ4n) is 3.64. The number of carbonyl (C=O) groups excluding carboxylic acids is 2. The first kappa shape index (κ1) is 25.1. The van der Waals surface area contributed by atoms with Crippen molar-refractivity contribution < 1.29 is 19.1 Å². The predicted octanol–water partition coefficient (Wildman–Crippen LogP) is 5.36. The van der Waals surface area contributed by atoms with Gasteiger partial charge in [-0.25, -0.2) is 4.79 Å². The molecular formula is C27H27N3O5S. The van der Waals surface area contributed by atoms with E-state index in [-0.39, 0.29) is 23.6 Å². The van der Waals surface area contributed by atoms with Gasteiger partial charge in [0.1, 0.15) is 10.8 Å². The van der Waals surface area contributed by atoms with Crippen molar-refractivity contribution in [1.29, 1.82) is 0 Å².